The number of hydrogen-bond acceptors (Lipinski definition) is 1. The van der Waals surface area contributed by atoms with Gasteiger partial charge in [0.1, 0.15) is 5.75 Å². The molecule has 16 heavy (non-hydrogen) atoms. The summed E-state index contributed by atoms with van der Waals surface area (Å²) in [7, 11) is 0. The molecule has 1 atom stereocenters. The van der Waals surface area contributed by atoms with E-state index in [1.54, 1.807) is 18.2 Å². The lowest BCUT2D eigenvalue weighted by Gasteiger charge is -2.11. The third-order valence-electron chi connectivity index (χ3n) is 2.32. The lowest BCUT2D eigenvalue weighted by Crippen LogP contribution is -2.04. The zero-order valence-electron chi connectivity index (χ0n) is 9.18. The number of alkyl halides is 1. The first kappa shape index (κ1) is 14.0. The van der Waals surface area contributed by atoms with Crippen LogP contribution >= 0.6 is 34.8 Å². The lowest BCUT2D eigenvalue weighted by atomic mass is 10.1. The Balaban J connectivity index is 2.37. The van der Waals surface area contributed by atoms with Gasteiger partial charge in [-0.15, -0.1) is 11.6 Å². The molecule has 1 rings (SSSR count). The van der Waals surface area contributed by atoms with E-state index in [4.69, 9.17) is 39.5 Å². The second-order valence-corrected chi connectivity index (χ2v) is 5.08. The molecule has 0 aliphatic carbocycles. The van der Waals surface area contributed by atoms with Crippen LogP contribution in [0.25, 0.3) is 0 Å². The van der Waals surface area contributed by atoms with Gasteiger partial charge >= 0.3 is 0 Å². The molecule has 0 aliphatic heterocycles. The van der Waals surface area contributed by atoms with Gasteiger partial charge in [-0.3, -0.25) is 0 Å². The largest absolute Gasteiger partial charge is 0.493 e. The van der Waals surface area contributed by atoms with Gasteiger partial charge in [-0.2, -0.15) is 0 Å². The lowest BCUT2D eigenvalue weighted by molar-refractivity contribution is 0.282. The van der Waals surface area contributed by atoms with Crippen molar-refractivity contribution in [2.24, 2.45) is 5.92 Å². The molecule has 4 heteroatoms. The molecule has 0 spiro atoms. The molecule has 0 saturated heterocycles. The quantitative estimate of drug-likeness (QED) is 0.665. The van der Waals surface area contributed by atoms with Crippen LogP contribution < -0.4 is 4.74 Å². The Kier molecular flexibility index (Phi) is 6.33. The van der Waals surface area contributed by atoms with Crippen LogP contribution in [0.3, 0.4) is 0 Å². The summed E-state index contributed by atoms with van der Waals surface area (Å²) in [6.07, 6.45) is 2.00. The fourth-order valence-corrected chi connectivity index (χ4v) is 2.20. The maximum Gasteiger partial charge on any atom is 0.122 e. The minimum Gasteiger partial charge on any atom is -0.493 e. The van der Waals surface area contributed by atoms with Crippen LogP contribution in [-0.4, -0.2) is 12.5 Å². The Morgan fingerprint density at radius 1 is 1.12 bits per heavy atom. The third kappa shape index (κ3) is 5.29. The topological polar surface area (TPSA) is 9.23 Å². The van der Waals surface area contributed by atoms with Crippen molar-refractivity contribution < 1.29 is 4.74 Å². The van der Waals surface area contributed by atoms with E-state index in [0.29, 0.717) is 28.5 Å². The molecule has 1 unspecified atom stereocenters. The van der Waals surface area contributed by atoms with Crippen molar-refractivity contribution in [2.45, 2.75) is 19.8 Å². The number of halogens is 3. The van der Waals surface area contributed by atoms with Crippen molar-refractivity contribution in [1.82, 2.24) is 0 Å². The molecule has 0 aromatic heterocycles. The van der Waals surface area contributed by atoms with Crippen molar-refractivity contribution in [3.8, 4) is 5.75 Å². The van der Waals surface area contributed by atoms with Crippen molar-refractivity contribution in [3.05, 3.63) is 28.2 Å². The van der Waals surface area contributed by atoms with Gasteiger partial charge < -0.3 is 4.74 Å². The summed E-state index contributed by atoms with van der Waals surface area (Å²) in [5, 5.41) is 1.19. The Hall–Kier alpha value is -0.110. The molecule has 0 amide bonds. The Morgan fingerprint density at radius 3 is 2.31 bits per heavy atom. The number of rotatable bonds is 6. The summed E-state index contributed by atoms with van der Waals surface area (Å²) in [5.41, 5.74) is 0. The number of ether oxygens (including phenoxy) is 1. The summed E-state index contributed by atoms with van der Waals surface area (Å²) < 4.78 is 5.57. The molecule has 0 bridgehead atoms. The van der Waals surface area contributed by atoms with Gasteiger partial charge in [0, 0.05) is 15.9 Å². The second kappa shape index (κ2) is 7.26. The molecule has 0 fully saturated rings. The summed E-state index contributed by atoms with van der Waals surface area (Å²) in [4.78, 5) is 0. The molecular weight excluding hydrogens is 266 g/mol. The smallest absolute Gasteiger partial charge is 0.122 e. The SMILES string of the molecule is CC(CCCl)CCOc1cc(Cl)cc(Cl)c1. The third-order valence-corrected chi connectivity index (χ3v) is 2.97. The van der Waals surface area contributed by atoms with E-state index < -0.39 is 0 Å². The van der Waals surface area contributed by atoms with E-state index in [1.165, 1.54) is 0 Å². The van der Waals surface area contributed by atoms with Crippen molar-refractivity contribution in [2.75, 3.05) is 12.5 Å². The Labute approximate surface area is 112 Å². The molecule has 0 radical (unpaired) electrons. The van der Waals surface area contributed by atoms with Crippen LogP contribution in [0, 0.1) is 5.92 Å². The first-order valence-corrected chi connectivity index (χ1v) is 6.55. The summed E-state index contributed by atoms with van der Waals surface area (Å²) in [6.45, 7) is 2.82. The summed E-state index contributed by atoms with van der Waals surface area (Å²) >= 11 is 17.4. The molecule has 1 nitrogen and oxygen atoms in total. The number of hydrogen-bond donors (Lipinski definition) is 0. The van der Waals surface area contributed by atoms with Crippen molar-refractivity contribution in [3.63, 3.8) is 0 Å². The molecule has 0 aliphatic rings. The van der Waals surface area contributed by atoms with Gasteiger partial charge in [0.05, 0.1) is 6.61 Å². The highest BCUT2D eigenvalue weighted by molar-refractivity contribution is 6.34. The zero-order chi connectivity index (χ0) is 12.0. The first-order chi connectivity index (χ1) is 7.61. The molecule has 1 aromatic carbocycles. The zero-order valence-corrected chi connectivity index (χ0v) is 11.4. The van der Waals surface area contributed by atoms with Gasteiger partial charge in [-0.05, 0) is 37.0 Å². The van der Waals surface area contributed by atoms with Gasteiger partial charge in [0.15, 0.2) is 0 Å². The maximum absolute atomic E-state index is 5.86. The van der Waals surface area contributed by atoms with E-state index >= 15 is 0 Å². The van der Waals surface area contributed by atoms with Crippen LogP contribution in [0.1, 0.15) is 19.8 Å². The molecular formula is C12H15Cl3O. The predicted octanol–water partition coefficient (Wildman–Crippen LogP) is 5.03. The molecule has 0 saturated carbocycles. The van der Waals surface area contributed by atoms with Gasteiger partial charge in [-0.25, -0.2) is 0 Å². The van der Waals surface area contributed by atoms with Gasteiger partial charge in [0.25, 0.3) is 0 Å². The molecule has 1 aromatic rings. The minimum absolute atomic E-state index is 0.576. The predicted molar refractivity (Wildman–Crippen MR) is 71.1 cm³/mol. The highest BCUT2D eigenvalue weighted by Gasteiger charge is 2.03. The van der Waals surface area contributed by atoms with Crippen LogP contribution in [0.4, 0.5) is 0 Å². The highest BCUT2D eigenvalue weighted by atomic mass is 35.5. The fraction of sp³-hybridized carbons (Fsp3) is 0.500. The number of benzene rings is 1. The van der Waals surface area contributed by atoms with E-state index in [2.05, 4.69) is 6.92 Å². The minimum atomic E-state index is 0.576. The van der Waals surface area contributed by atoms with E-state index in [9.17, 15) is 0 Å². The average molecular weight is 282 g/mol. The summed E-state index contributed by atoms with van der Waals surface area (Å²) in [6, 6.07) is 5.21. The monoisotopic (exact) mass is 280 g/mol. The van der Waals surface area contributed by atoms with Crippen molar-refractivity contribution in [1.29, 1.82) is 0 Å². The van der Waals surface area contributed by atoms with E-state index in [0.717, 1.165) is 18.6 Å². The maximum atomic E-state index is 5.86. The molecule has 0 heterocycles. The standard InChI is InChI=1S/C12H15Cl3O/c1-9(2-4-13)3-5-16-12-7-10(14)6-11(15)8-12/h6-9H,2-5H2,1H3. The van der Waals surface area contributed by atoms with Crippen LogP contribution in [0.2, 0.25) is 10.0 Å². The highest BCUT2D eigenvalue weighted by Crippen LogP contribution is 2.24. The summed E-state index contributed by atoms with van der Waals surface area (Å²) in [5.74, 6) is 1.99. The van der Waals surface area contributed by atoms with E-state index in [-0.39, 0.29) is 0 Å². The van der Waals surface area contributed by atoms with Gasteiger partial charge in [-0.1, -0.05) is 30.1 Å². The van der Waals surface area contributed by atoms with Gasteiger partial charge in [0.2, 0.25) is 0 Å². The van der Waals surface area contributed by atoms with Crippen LogP contribution in [0.15, 0.2) is 18.2 Å². The Bertz CT molecular complexity index is 308. The van der Waals surface area contributed by atoms with Crippen LogP contribution in [-0.2, 0) is 0 Å². The fourth-order valence-electron chi connectivity index (χ4n) is 1.32. The van der Waals surface area contributed by atoms with E-state index in [1.807, 2.05) is 0 Å². The Morgan fingerprint density at radius 2 is 1.75 bits per heavy atom. The second-order valence-electron chi connectivity index (χ2n) is 3.83. The van der Waals surface area contributed by atoms with Crippen molar-refractivity contribution >= 4 is 34.8 Å². The normalized spacial score (nSPS) is 12.5. The average Bonchev–Trinajstić information content (AvgIpc) is 2.16. The van der Waals surface area contributed by atoms with Crippen LogP contribution in [0.5, 0.6) is 5.75 Å². The molecule has 90 valence electrons. The first-order valence-electron chi connectivity index (χ1n) is 5.26. The molecule has 0 N–H and O–H groups in total.